The molecule has 0 bridgehead atoms. The van der Waals surface area contributed by atoms with Gasteiger partial charge in [0.05, 0.1) is 12.5 Å². The van der Waals surface area contributed by atoms with Crippen LogP contribution in [0.25, 0.3) is 11.1 Å². The van der Waals surface area contributed by atoms with E-state index in [-0.39, 0.29) is 0 Å². The van der Waals surface area contributed by atoms with Crippen molar-refractivity contribution in [1.29, 1.82) is 5.26 Å². The van der Waals surface area contributed by atoms with E-state index in [1.807, 2.05) is 36.4 Å². The molecule has 1 aromatic heterocycles. The second-order valence-electron chi connectivity index (χ2n) is 4.25. The monoisotopic (exact) mass is 281 g/mol. The number of nitriles is 1. The van der Waals surface area contributed by atoms with Crippen molar-refractivity contribution >= 4 is 28.5 Å². The molecule has 20 heavy (non-hydrogen) atoms. The minimum Gasteiger partial charge on any atom is -0.431 e. The van der Waals surface area contributed by atoms with Crippen LogP contribution in [0.2, 0.25) is 0 Å². The fraction of sp³-hybridized carbons (Fsp3) is 0.0667. The number of nitrogen functional groups attached to an aromatic ring is 1. The molecule has 0 atom stereocenters. The Bertz CT molecular complexity index is 771. The van der Waals surface area contributed by atoms with Crippen LogP contribution in [-0.2, 0) is 6.42 Å². The maximum atomic E-state index is 8.78. The summed E-state index contributed by atoms with van der Waals surface area (Å²) in [6.07, 6.45) is 0.299. The van der Waals surface area contributed by atoms with Crippen molar-refractivity contribution in [3.05, 3.63) is 48.0 Å². The Morgan fingerprint density at radius 1 is 1.25 bits per heavy atom. The zero-order chi connectivity index (χ0) is 13.9. The van der Waals surface area contributed by atoms with Crippen molar-refractivity contribution in [3.63, 3.8) is 0 Å². The Kier molecular flexibility index (Phi) is 3.32. The van der Waals surface area contributed by atoms with Crippen LogP contribution < -0.4 is 5.73 Å². The highest BCUT2D eigenvalue weighted by Gasteiger charge is 2.08. The molecule has 98 valence electrons. The first-order valence-corrected chi connectivity index (χ1v) is 6.86. The molecule has 0 spiro atoms. The molecule has 2 N–H and O–H groups in total. The summed E-state index contributed by atoms with van der Waals surface area (Å²) < 4.78 is 5.66. The average molecular weight is 281 g/mol. The second kappa shape index (κ2) is 5.27. The predicted octanol–water partition coefficient (Wildman–Crippen LogP) is 3.63. The Morgan fingerprint density at radius 3 is 2.90 bits per heavy atom. The van der Waals surface area contributed by atoms with Gasteiger partial charge in [0.15, 0.2) is 5.58 Å². The Labute approximate surface area is 120 Å². The first kappa shape index (κ1) is 12.6. The zero-order valence-electron chi connectivity index (χ0n) is 10.5. The molecule has 0 aliphatic heterocycles. The maximum Gasteiger partial charge on any atom is 0.261 e. The molecule has 2 aromatic carbocycles. The molecular weight excluding hydrogens is 270 g/mol. The quantitative estimate of drug-likeness (QED) is 0.742. The van der Waals surface area contributed by atoms with E-state index >= 15 is 0 Å². The summed E-state index contributed by atoms with van der Waals surface area (Å²) in [7, 11) is 0. The summed E-state index contributed by atoms with van der Waals surface area (Å²) in [4.78, 5) is 5.36. The van der Waals surface area contributed by atoms with Crippen LogP contribution in [0.5, 0.6) is 0 Å². The summed E-state index contributed by atoms with van der Waals surface area (Å²) in [6, 6.07) is 15.3. The van der Waals surface area contributed by atoms with Gasteiger partial charge in [0.2, 0.25) is 0 Å². The molecule has 5 heteroatoms. The maximum absolute atomic E-state index is 8.78. The first-order chi connectivity index (χ1) is 9.76. The Morgan fingerprint density at radius 2 is 2.10 bits per heavy atom. The highest BCUT2D eigenvalue weighted by Crippen LogP contribution is 2.31. The van der Waals surface area contributed by atoms with Crippen molar-refractivity contribution < 1.29 is 4.42 Å². The molecule has 0 amide bonds. The number of nitrogens with two attached hydrogens (primary N) is 1. The van der Waals surface area contributed by atoms with Gasteiger partial charge in [-0.25, -0.2) is 4.98 Å². The summed E-state index contributed by atoms with van der Waals surface area (Å²) in [6.45, 7) is 0. The third-order valence-electron chi connectivity index (χ3n) is 2.86. The number of fused-ring (bicyclic) bond motifs is 1. The predicted molar refractivity (Wildman–Crippen MR) is 78.3 cm³/mol. The van der Waals surface area contributed by atoms with Crippen LogP contribution in [0.3, 0.4) is 0 Å². The van der Waals surface area contributed by atoms with Crippen molar-refractivity contribution in [3.8, 4) is 6.07 Å². The summed E-state index contributed by atoms with van der Waals surface area (Å²) in [5.41, 5.74) is 8.89. The Hall–Kier alpha value is -2.45. The van der Waals surface area contributed by atoms with Crippen LogP contribution in [0.1, 0.15) is 5.56 Å². The molecule has 3 aromatic rings. The highest BCUT2D eigenvalue weighted by molar-refractivity contribution is 7.99. The topological polar surface area (TPSA) is 75.8 Å². The van der Waals surface area contributed by atoms with Crippen LogP contribution in [-0.4, -0.2) is 4.98 Å². The summed E-state index contributed by atoms with van der Waals surface area (Å²) in [5, 5.41) is 9.36. The van der Waals surface area contributed by atoms with Crippen molar-refractivity contribution in [2.24, 2.45) is 0 Å². The molecule has 4 nitrogen and oxygen atoms in total. The number of benzene rings is 2. The third kappa shape index (κ3) is 2.46. The SMILES string of the molecule is N#CCc1cc(Sc2nc3ccccc3o2)ccc1N. The van der Waals surface area contributed by atoms with Crippen molar-refractivity contribution in [2.45, 2.75) is 16.5 Å². The first-order valence-electron chi connectivity index (χ1n) is 6.05. The number of para-hydroxylation sites is 2. The second-order valence-corrected chi connectivity index (χ2v) is 5.27. The number of nitrogens with zero attached hydrogens (tertiary/aromatic N) is 2. The van der Waals surface area contributed by atoms with Crippen molar-refractivity contribution in [2.75, 3.05) is 5.73 Å². The molecule has 0 fully saturated rings. The number of rotatable bonds is 3. The van der Waals surface area contributed by atoms with Gasteiger partial charge >= 0.3 is 0 Å². The Balaban J connectivity index is 1.90. The normalized spacial score (nSPS) is 10.6. The van der Waals surface area contributed by atoms with E-state index in [1.54, 1.807) is 6.07 Å². The van der Waals surface area contributed by atoms with Gasteiger partial charge in [0.25, 0.3) is 5.22 Å². The lowest BCUT2D eigenvalue weighted by Gasteiger charge is -2.03. The average Bonchev–Trinajstić information content (AvgIpc) is 2.85. The van der Waals surface area contributed by atoms with Gasteiger partial charge in [-0.2, -0.15) is 5.26 Å². The minimum absolute atomic E-state index is 0.299. The molecule has 0 saturated heterocycles. The van der Waals surface area contributed by atoms with Crippen LogP contribution >= 0.6 is 11.8 Å². The smallest absolute Gasteiger partial charge is 0.261 e. The van der Waals surface area contributed by atoms with E-state index in [0.717, 1.165) is 21.6 Å². The highest BCUT2D eigenvalue weighted by atomic mass is 32.2. The fourth-order valence-corrected chi connectivity index (χ4v) is 2.69. The lowest BCUT2D eigenvalue weighted by atomic mass is 10.1. The number of oxazole rings is 1. The molecular formula is C15H11N3OS. The van der Waals surface area contributed by atoms with Gasteiger partial charge < -0.3 is 10.2 Å². The van der Waals surface area contributed by atoms with E-state index < -0.39 is 0 Å². The summed E-state index contributed by atoms with van der Waals surface area (Å²) in [5.74, 6) is 0. The molecule has 0 aliphatic rings. The molecule has 0 aliphatic carbocycles. The lowest BCUT2D eigenvalue weighted by molar-refractivity contribution is 0.489. The van der Waals surface area contributed by atoms with E-state index in [1.165, 1.54) is 11.8 Å². The molecule has 1 heterocycles. The van der Waals surface area contributed by atoms with Gasteiger partial charge in [0.1, 0.15) is 5.52 Å². The largest absolute Gasteiger partial charge is 0.431 e. The number of hydrogen-bond donors (Lipinski definition) is 1. The van der Waals surface area contributed by atoms with Crippen LogP contribution in [0.4, 0.5) is 5.69 Å². The molecule has 0 saturated carbocycles. The molecule has 0 radical (unpaired) electrons. The van der Waals surface area contributed by atoms with Crippen LogP contribution in [0.15, 0.2) is 57.0 Å². The minimum atomic E-state index is 0.299. The van der Waals surface area contributed by atoms with E-state index in [0.29, 0.717) is 17.3 Å². The van der Waals surface area contributed by atoms with Gasteiger partial charge in [-0.3, -0.25) is 0 Å². The number of anilines is 1. The van der Waals surface area contributed by atoms with Gasteiger partial charge in [0, 0.05) is 10.6 Å². The van der Waals surface area contributed by atoms with Crippen molar-refractivity contribution in [1.82, 2.24) is 4.98 Å². The number of hydrogen-bond acceptors (Lipinski definition) is 5. The zero-order valence-corrected chi connectivity index (χ0v) is 11.4. The fourth-order valence-electron chi connectivity index (χ4n) is 1.88. The standard InChI is InChI=1S/C15H11N3OS/c16-8-7-10-9-11(5-6-12(10)17)20-15-18-13-3-1-2-4-14(13)19-15/h1-6,9H,7,17H2. The third-order valence-corrected chi connectivity index (χ3v) is 3.70. The van der Waals surface area contributed by atoms with Gasteiger partial charge in [-0.1, -0.05) is 12.1 Å². The van der Waals surface area contributed by atoms with E-state index in [2.05, 4.69) is 11.1 Å². The lowest BCUT2D eigenvalue weighted by Crippen LogP contribution is -1.93. The van der Waals surface area contributed by atoms with Gasteiger partial charge in [-0.15, -0.1) is 0 Å². The van der Waals surface area contributed by atoms with Crippen LogP contribution in [0, 0.1) is 11.3 Å². The molecule has 3 rings (SSSR count). The molecule has 0 unspecified atom stereocenters. The van der Waals surface area contributed by atoms with Gasteiger partial charge in [-0.05, 0) is 47.7 Å². The number of aromatic nitrogens is 1. The summed E-state index contributed by atoms with van der Waals surface area (Å²) >= 11 is 1.42. The van der Waals surface area contributed by atoms with E-state index in [4.69, 9.17) is 15.4 Å². The van der Waals surface area contributed by atoms with E-state index in [9.17, 15) is 0 Å².